The van der Waals surface area contributed by atoms with E-state index < -0.39 is 51.6 Å². The molecule has 11 nitrogen and oxygen atoms in total. The summed E-state index contributed by atoms with van der Waals surface area (Å²) in [5.41, 5.74) is 2.40. The van der Waals surface area contributed by atoms with Crippen molar-refractivity contribution in [2.24, 2.45) is 0 Å². The Kier molecular flexibility index (Phi) is 10.5. The van der Waals surface area contributed by atoms with Gasteiger partial charge in [0.2, 0.25) is 12.3 Å². The predicted octanol–water partition coefficient (Wildman–Crippen LogP) is 9.14. The van der Waals surface area contributed by atoms with Crippen molar-refractivity contribution in [3.05, 3.63) is 142 Å². The van der Waals surface area contributed by atoms with Crippen LogP contribution in [0.5, 0.6) is 5.88 Å². The SMILES string of the molecule is CN(C(=O)OC(C)(C)C)[C@@H]1COc2c(S(=N)(=O)N(C(=O)Nc3c4c(cc5c3C(C(F)F)CC5)CCC4)C(c3ccccc3)(c3ccccc3)c3ccccc3)cnn2C1. The maximum atomic E-state index is 16.1. The number of ether oxygens (including phenoxy) is 2. The highest BCUT2D eigenvalue weighted by molar-refractivity contribution is 7.90. The number of likely N-dealkylation sites (N-methyl/N-ethyl adjacent to an activating group) is 1. The summed E-state index contributed by atoms with van der Waals surface area (Å²) in [5, 5.41) is 7.58. The third-order valence-corrected chi connectivity index (χ3v) is 13.4. The number of carbonyl (C=O) groups is 2. The summed E-state index contributed by atoms with van der Waals surface area (Å²) in [6.07, 6.45) is 0.873. The lowest BCUT2D eigenvalue weighted by Crippen LogP contribution is -2.55. The first-order valence-corrected chi connectivity index (χ1v) is 21.4. The molecule has 5 aromatic rings. The maximum Gasteiger partial charge on any atom is 0.410 e. The van der Waals surface area contributed by atoms with Gasteiger partial charge in [0.25, 0.3) is 0 Å². The summed E-state index contributed by atoms with van der Waals surface area (Å²) in [6, 6.07) is 27.9. The molecule has 0 spiro atoms. The lowest BCUT2D eigenvalue weighted by Gasteiger charge is -2.45. The van der Waals surface area contributed by atoms with Crippen LogP contribution in [0.15, 0.2) is 108 Å². The van der Waals surface area contributed by atoms with Crippen molar-refractivity contribution in [2.45, 2.75) is 93.8 Å². The van der Waals surface area contributed by atoms with Crippen LogP contribution < -0.4 is 10.1 Å². The minimum atomic E-state index is -4.50. The minimum Gasteiger partial charge on any atom is -0.475 e. The molecule has 59 heavy (non-hydrogen) atoms. The van der Waals surface area contributed by atoms with Gasteiger partial charge in [0.15, 0.2) is 9.92 Å². The third kappa shape index (κ3) is 7.10. The highest BCUT2D eigenvalue weighted by Gasteiger charge is 2.52. The number of nitrogens with zero attached hydrogens (tertiary/aromatic N) is 4. The van der Waals surface area contributed by atoms with E-state index in [1.165, 1.54) is 15.8 Å². The predicted molar refractivity (Wildman–Crippen MR) is 220 cm³/mol. The number of nitrogens with one attached hydrogen (secondary N) is 2. The number of carbonyl (C=O) groups excluding carboxylic acids is 2. The van der Waals surface area contributed by atoms with Gasteiger partial charge in [-0.05, 0) is 91.8 Å². The summed E-state index contributed by atoms with van der Waals surface area (Å²) < 4.78 is 70.2. The van der Waals surface area contributed by atoms with Gasteiger partial charge in [0, 0.05) is 18.7 Å². The molecule has 2 N–H and O–H groups in total. The molecule has 1 aromatic heterocycles. The van der Waals surface area contributed by atoms with E-state index in [9.17, 15) is 18.4 Å². The maximum absolute atomic E-state index is 16.1. The van der Waals surface area contributed by atoms with Crippen molar-refractivity contribution in [3.8, 4) is 5.88 Å². The topological polar surface area (TPSA) is 130 Å². The first-order chi connectivity index (χ1) is 28.2. The largest absolute Gasteiger partial charge is 0.475 e. The Morgan fingerprint density at radius 1 is 0.932 bits per heavy atom. The zero-order chi connectivity index (χ0) is 41.7. The van der Waals surface area contributed by atoms with E-state index in [0.717, 1.165) is 33.8 Å². The molecule has 3 amide bonds. The lowest BCUT2D eigenvalue weighted by atomic mass is 9.77. The Hall–Kier alpha value is -5.76. The number of benzene rings is 4. The molecular formula is C45H48F2N6O5S. The summed E-state index contributed by atoms with van der Waals surface area (Å²) in [5.74, 6) is -1.08. The summed E-state index contributed by atoms with van der Waals surface area (Å²) in [6.45, 7) is 5.42. The fourth-order valence-corrected chi connectivity index (χ4v) is 10.6. The molecule has 4 aromatic carbocycles. The van der Waals surface area contributed by atoms with Gasteiger partial charge in [-0.25, -0.2) is 36.3 Å². The van der Waals surface area contributed by atoms with Crippen LogP contribution in [0, 0.1) is 4.78 Å². The zero-order valence-corrected chi connectivity index (χ0v) is 34.3. The summed E-state index contributed by atoms with van der Waals surface area (Å²) >= 11 is 0. The van der Waals surface area contributed by atoms with Gasteiger partial charge in [-0.1, -0.05) is 97.1 Å². The first kappa shape index (κ1) is 40.0. The fraction of sp³-hybridized carbons (Fsp3) is 0.356. The third-order valence-electron chi connectivity index (χ3n) is 11.6. The Morgan fingerprint density at radius 2 is 1.53 bits per heavy atom. The second kappa shape index (κ2) is 15.4. The van der Waals surface area contributed by atoms with Crippen molar-refractivity contribution in [2.75, 3.05) is 19.0 Å². The number of anilines is 1. The normalized spacial score (nSPS) is 18.2. The van der Waals surface area contributed by atoms with E-state index in [2.05, 4.69) is 10.4 Å². The van der Waals surface area contributed by atoms with Crippen LogP contribution in [-0.4, -0.2) is 67.0 Å². The standard InChI is InChI=1S/C45H48F2N6O5S/c1-44(2,3)58-43(55)51(4)34-27-52-41(57-28-34)37(26-49-52)59(48,56)53(42(54)50-39-35-22-14-15-29(35)25-30-23-24-36(38(30)39)40(46)47)45(31-16-8-5-9-17-31,32-18-10-6-11-19-32)33-20-12-7-13-21-33/h5-13,16-21,25-26,34,36,40,48H,14-15,22-24,27-28H2,1-4H3,(H,50,54)/t34-,36?,59?/m0/s1. The van der Waals surface area contributed by atoms with E-state index in [-0.39, 0.29) is 30.3 Å². The number of fused-ring (bicyclic) bond motifs is 3. The molecule has 0 radical (unpaired) electrons. The molecule has 2 aliphatic carbocycles. The van der Waals surface area contributed by atoms with Gasteiger partial charge in [0.05, 0.1) is 18.8 Å². The fourth-order valence-electron chi connectivity index (χ4n) is 8.88. The Morgan fingerprint density at radius 3 is 2.08 bits per heavy atom. The van der Waals surface area contributed by atoms with E-state index in [1.807, 2.05) is 97.1 Å². The van der Waals surface area contributed by atoms with Gasteiger partial charge in [-0.15, -0.1) is 0 Å². The highest BCUT2D eigenvalue weighted by atomic mass is 32.2. The molecule has 8 rings (SSSR count). The van der Waals surface area contributed by atoms with E-state index in [1.54, 1.807) is 27.8 Å². The second-order valence-electron chi connectivity index (χ2n) is 16.4. The van der Waals surface area contributed by atoms with Crippen LogP contribution in [0.4, 0.5) is 24.1 Å². The number of urea groups is 1. The molecule has 0 saturated heterocycles. The summed E-state index contributed by atoms with van der Waals surface area (Å²) in [4.78, 5) is 30.1. The van der Waals surface area contributed by atoms with Gasteiger partial charge in [0.1, 0.15) is 22.6 Å². The molecule has 3 atom stereocenters. The molecule has 0 bridgehead atoms. The number of aromatic nitrogens is 2. The smallest absolute Gasteiger partial charge is 0.410 e. The van der Waals surface area contributed by atoms with E-state index >= 15 is 9.00 Å². The second-order valence-corrected chi connectivity index (χ2v) is 18.3. The molecule has 3 aliphatic rings. The quantitative estimate of drug-likeness (QED) is 0.143. The molecule has 14 heteroatoms. The molecule has 1 aliphatic heterocycles. The average Bonchev–Trinajstić information content (AvgIpc) is 3.99. The number of alkyl halides is 2. The number of halogens is 2. The Bertz CT molecular complexity index is 2380. The van der Waals surface area contributed by atoms with Gasteiger partial charge < -0.3 is 19.7 Å². The van der Waals surface area contributed by atoms with Crippen LogP contribution in [0.25, 0.3) is 0 Å². The zero-order valence-electron chi connectivity index (χ0n) is 33.5. The monoisotopic (exact) mass is 822 g/mol. The molecule has 0 fully saturated rings. The van der Waals surface area contributed by atoms with Gasteiger partial charge >= 0.3 is 12.1 Å². The van der Waals surface area contributed by atoms with Crippen molar-refractivity contribution >= 4 is 27.7 Å². The van der Waals surface area contributed by atoms with Crippen LogP contribution in [0.3, 0.4) is 0 Å². The summed E-state index contributed by atoms with van der Waals surface area (Å²) in [7, 11) is -2.90. The number of hydrogen-bond donors (Lipinski definition) is 2. The molecule has 2 heterocycles. The van der Waals surface area contributed by atoms with Crippen LogP contribution in [0.1, 0.15) is 78.5 Å². The van der Waals surface area contributed by atoms with Crippen molar-refractivity contribution in [3.63, 3.8) is 0 Å². The number of rotatable bonds is 9. The van der Waals surface area contributed by atoms with E-state index in [4.69, 9.17) is 9.47 Å². The first-order valence-electron chi connectivity index (χ1n) is 19.9. The van der Waals surface area contributed by atoms with Crippen LogP contribution in [-0.2, 0) is 46.0 Å². The Labute approximate surface area is 343 Å². The highest BCUT2D eigenvalue weighted by Crippen LogP contribution is 2.50. The molecule has 0 saturated carbocycles. The number of amides is 3. The van der Waals surface area contributed by atoms with Crippen LogP contribution >= 0.6 is 0 Å². The molecular weight excluding hydrogens is 775 g/mol. The van der Waals surface area contributed by atoms with Crippen molar-refractivity contribution in [1.29, 1.82) is 4.78 Å². The molecule has 2 unspecified atom stereocenters. The number of aryl methyl sites for hydroxylation is 2. The van der Waals surface area contributed by atoms with Crippen molar-refractivity contribution < 1.29 is 32.1 Å². The van der Waals surface area contributed by atoms with Gasteiger partial charge in [-0.2, -0.15) is 5.10 Å². The molecule has 308 valence electrons. The Balaban J connectivity index is 1.33. The van der Waals surface area contributed by atoms with E-state index in [0.29, 0.717) is 40.8 Å². The minimum absolute atomic E-state index is 0.0129. The lowest BCUT2D eigenvalue weighted by molar-refractivity contribution is 0.0101. The van der Waals surface area contributed by atoms with Crippen LogP contribution in [0.2, 0.25) is 0 Å². The number of hydrogen-bond acceptors (Lipinski definition) is 7. The van der Waals surface area contributed by atoms with Crippen molar-refractivity contribution in [1.82, 2.24) is 19.0 Å². The van der Waals surface area contributed by atoms with Gasteiger partial charge in [-0.3, -0.25) is 0 Å². The average molecular weight is 823 g/mol.